The van der Waals surface area contributed by atoms with Crippen molar-refractivity contribution in [2.24, 2.45) is 7.05 Å². The van der Waals surface area contributed by atoms with E-state index in [9.17, 15) is 4.79 Å². The minimum atomic E-state index is -0.0239. The van der Waals surface area contributed by atoms with E-state index in [0.29, 0.717) is 12.8 Å². The fourth-order valence-corrected chi connectivity index (χ4v) is 2.25. The Morgan fingerprint density at radius 2 is 1.95 bits per heavy atom. The van der Waals surface area contributed by atoms with E-state index in [1.807, 2.05) is 34.7 Å². The Kier molecular flexibility index (Phi) is 3.92. The fourth-order valence-electron chi connectivity index (χ4n) is 2.25. The Bertz CT molecular complexity index is 620. The molecule has 0 saturated heterocycles. The molecule has 2 aromatic rings. The first-order chi connectivity index (χ1) is 9.40. The van der Waals surface area contributed by atoms with Crippen molar-refractivity contribution in [3.8, 4) is 0 Å². The van der Waals surface area contributed by atoms with Gasteiger partial charge in [-0.3, -0.25) is 9.48 Å². The number of amides is 1. The number of nitrogens with zero attached hydrogens (tertiary/aromatic N) is 3. The van der Waals surface area contributed by atoms with Crippen molar-refractivity contribution >= 4 is 11.6 Å². The SMILES string of the molecule is Cc1noc(C)c1CCC(=O)Nc1c(C)nn(C)c1C. The van der Waals surface area contributed by atoms with Gasteiger partial charge in [-0.2, -0.15) is 5.10 Å². The molecular formula is C14H20N4O2. The highest BCUT2D eigenvalue weighted by Crippen LogP contribution is 2.19. The Balaban J connectivity index is 2.00. The molecule has 2 heterocycles. The summed E-state index contributed by atoms with van der Waals surface area (Å²) in [5.74, 6) is 0.758. The Morgan fingerprint density at radius 3 is 2.45 bits per heavy atom. The van der Waals surface area contributed by atoms with Gasteiger partial charge in [0.25, 0.3) is 0 Å². The van der Waals surface area contributed by atoms with E-state index in [0.717, 1.165) is 34.1 Å². The molecule has 20 heavy (non-hydrogen) atoms. The van der Waals surface area contributed by atoms with Crippen LogP contribution in [-0.4, -0.2) is 20.8 Å². The molecule has 0 aliphatic carbocycles. The van der Waals surface area contributed by atoms with Crippen LogP contribution in [0.4, 0.5) is 5.69 Å². The third kappa shape index (κ3) is 2.74. The van der Waals surface area contributed by atoms with Crippen LogP contribution in [0.15, 0.2) is 4.52 Å². The van der Waals surface area contributed by atoms with Crippen LogP contribution in [-0.2, 0) is 18.3 Å². The second kappa shape index (κ2) is 5.48. The van der Waals surface area contributed by atoms with E-state index in [1.54, 1.807) is 4.68 Å². The number of aromatic nitrogens is 3. The minimum Gasteiger partial charge on any atom is -0.361 e. The highest BCUT2D eigenvalue weighted by molar-refractivity contribution is 5.92. The minimum absolute atomic E-state index is 0.0239. The highest BCUT2D eigenvalue weighted by Gasteiger charge is 2.14. The van der Waals surface area contributed by atoms with Crippen molar-refractivity contribution in [1.82, 2.24) is 14.9 Å². The molecule has 0 aliphatic rings. The zero-order valence-corrected chi connectivity index (χ0v) is 12.6. The molecule has 0 aromatic carbocycles. The summed E-state index contributed by atoms with van der Waals surface area (Å²) in [4.78, 5) is 12.0. The summed E-state index contributed by atoms with van der Waals surface area (Å²) in [7, 11) is 1.86. The largest absolute Gasteiger partial charge is 0.361 e. The predicted octanol–water partition coefficient (Wildman–Crippen LogP) is 2.21. The van der Waals surface area contributed by atoms with Crippen molar-refractivity contribution < 1.29 is 9.32 Å². The summed E-state index contributed by atoms with van der Waals surface area (Å²) in [6, 6.07) is 0. The van der Waals surface area contributed by atoms with Gasteiger partial charge in [0.2, 0.25) is 5.91 Å². The van der Waals surface area contributed by atoms with Gasteiger partial charge < -0.3 is 9.84 Å². The molecule has 6 heteroatoms. The van der Waals surface area contributed by atoms with Crippen molar-refractivity contribution in [3.05, 3.63) is 28.4 Å². The van der Waals surface area contributed by atoms with Gasteiger partial charge in [0.15, 0.2) is 0 Å². The topological polar surface area (TPSA) is 73.0 Å². The molecule has 1 N–H and O–H groups in total. The highest BCUT2D eigenvalue weighted by atomic mass is 16.5. The molecule has 0 radical (unpaired) electrons. The van der Waals surface area contributed by atoms with Gasteiger partial charge in [-0.1, -0.05) is 5.16 Å². The summed E-state index contributed by atoms with van der Waals surface area (Å²) in [5.41, 5.74) is 4.45. The lowest BCUT2D eigenvalue weighted by molar-refractivity contribution is -0.116. The molecule has 2 rings (SSSR count). The van der Waals surface area contributed by atoms with Crippen LogP contribution < -0.4 is 5.32 Å². The monoisotopic (exact) mass is 276 g/mol. The first kappa shape index (κ1) is 14.3. The zero-order valence-electron chi connectivity index (χ0n) is 12.6. The van der Waals surface area contributed by atoms with E-state index in [1.165, 1.54) is 0 Å². The van der Waals surface area contributed by atoms with E-state index in [4.69, 9.17) is 4.52 Å². The Hall–Kier alpha value is -2.11. The first-order valence-corrected chi connectivity index (χ1v) is 6.62. The van der Waals surface area contributed by atoms with Gasteiger partial charge in [0.05, 0.1) is 22.8 Å². The summed E-state index contributed by atoms with van der Waals surface area (Å²) in [6.07, 6.45) is 1.03. The summed E-state index contributed by atoms with van der Waals surface area (Å²) in [5, 5.41) is 11.1. The summed E-state index contributed by atoms with van der Waals surface area (Å²) >= 11 is 0. The van der Waals surface area contributed by atoms with E-state index >= 15 is 0 Å². The normalized spacial score (nSPS) is 10.8. The molecular weight excluding hydrogens is 256 g/mol. The van der Waals surface area contributed by atoms with Crippen molar-refractivity contribution in [2.75, 3.05) is 5.32 Å². The second-order valence-corrected chi connectivity index (χ2v) is 5.02. The quantitative estimate of drug-likeness (QED) is 0.929. The fraction of sp³-hybridized carbons (Fsp3) is 0.500. The van der Waals surface area contributed by atoms with Gasteiger partial charge >= 0.3 is 0 Å². The van der Waals surface area contributed by atoms with E-state index in [-0.39, 0.29) is 5.91 Å². The van der Waals surface area contributed by atoms with Gasteiger partial charge in [-0.25, -0.2) is 0 Å². The number of carbonyl (C=O) groups excluding carboxylic acids is 1. The van der Waals surface area contributed by atoms with Gasteiger partial charge in [0.1, 0.15) is 5.76 Å². The third-order valence-electron chi connectivity index (χ3n) is 3.56. The molecule has 0 bridgehead atoms. The molecule has 108 valence electrons. The van der Waals surface area contributed by atoms with Gasteiger partial charge in [-0.05, 0) is 34.1 Å². The number of hydrogen-bond acceptors (Lipinski definition) is 4. The van der Waals surface area contributed by atoms with E-state index < -0.39 is 0 Å². The molecule has 6 nitrogen and oxygen atoms in total. The van der Waals surface area contributed by atoms with Crippen LogP contribution in [0, 0.1) is 27.7 Å². The molecule has 0 fully saturated rings. The lowest BCUT2D eigenvalue weighted by Gasteiger charge is -2.05. The third-order valence-corrected chi connectivity index (χ3v) is 3.56. The van der Waals surface area contributed by atoms with Crippen LogP contribution >= 0.6 is 0 Å². The average molecular weight is 276 g/mol. The van der Waals surface area contributed by atoms with Crippen LogP contribution in [0.2, 0.25) is 0 Å². The van der Waals surface area contributed by atoms with Crippen molar-refractivity contribution in [3.63, 3.8) is 0 Å². The number of hydrogen-bond donors (Lipinski definition) is 1. The van der Waals surface area contributed by atoms with Crippen LogP contribution in [0.25, 0.3) is 0 Å². The molecule has 1 amide bonds. The maximum Gasteiger partial charge on any atom is 0.224 e. The first-order valence-electron chi connectivity index (χ1n) is 6.62. The Morgan fingerprint density at radius 1 is 1.25 bits per heavy atom. The summed E-state index contributed by atoms with van der Waals surface area (Å²) < 4.78 is 6.86. The van der Waals surface area contributed by atoms with Crippen molar-refractivity contribution in [1.29, 1.82) is 0 Å². The number of rotatable bonds is 4. The van der Waals surface area contributed by atoms with Crippen molar-refractivity contribution in [2.45, 2.75) is 40.5 Å². The zero-order chi connectivity index (χ0) is 14.9. The standard InChI is InChI=1S/C14H20N4O2/c1-8-12(11(4)20-17-8)6-7-13(19)15-14-9(2)16-18(5)10(14)3/h6-7H2,1-5H3,(H,15,19). The molecule has 0 aliphatic heterocycles. The predicted molar refractivity (Wildman–Crippen MR) is 75.6 cm³/mol. The maximum atomic E-state index is 12.0. The maximum absolute atomic E-state index is 12.0. The number of carbonyl (C=O) groups is 1. The van der Waals surface area contributed by atoms with Crippen LogP contribution in [0.3, 0.4) is 0 Å². The average Bonchev–Trinajstić information content (AvgIpc) is 2.82. The van der Waals surface area contributed by atoms with Crippen LogP contribution in [0.1, 0.15) is 34.8 Å². The lowest BCUT2D eigenvalue weighted by atomic mass is 10.1. The molecule has 2 aromatic heterocycles. The molecule has 0 unspecified atom stereocenters. The lowest BCUT2D eigenvalue weighted by Crippen LogP contribution is -2.14. The Labute approximate surface area is 118 Å². The van der Waals surface area contributed by atoms with Gasteiger partial charge in [-0.15, -0.1) is 0 Å². The molecule has 0 saturated carbocycles. The number of anilines is 1. The van der Waals surface area contributed by atoms with Gasteiger partial charge in [0, 0.05) is 19.0 Å². The smallest absolute Gasteiger partial charge is 0.224 e. The summed E-state index contributed by atoms with van der Waals surface area (Å²) in [6.45, 7) is 7.57. The van der Waals surface area contributed by atoms with E-state index in [2.05, 4.69) is 15.6 Å². The second-order valence-electron chi connectivity index (χ2n) is 5.02. The number of nitrogens with one attached hydrogen (secondary N) is 1. The molecule has 0 atom stereocenters. The molecule has 0 spiro atoms. The van der Waals surface area contributed by atoms with Crippen LogP contribution in [0.5, 0.6) is 0 Å². The number of aryl methyl sites for hydroxylation is 4.